The van der Waals surface area contributed by atoms with Gasteiger partial charge in [-0.2, -0.15) is 0 Å². The van der Waals surface area contributed by atoms with Crippen LogP contribution in [-0.4, -0.2) is 58.7 Å². The van der Waals surface area contributed by atoms with Crippen LogP contribution in [0.3, 0.4) is 0 Å². The molecule has 0 aromatic heterocycles. The highest BCUT2D eigenvalue weighted by molar-refractivity contribution is 6.71. The van der Waals surface area contributed by atoms with Crippen LogP contribution in [0, 0.1) is 0 Å². The largest absolute Gasteiger partial charge is 0.460 e. The fraction of sp³-hybridized carbons (Fsp3) is 0.588. The van der Waals surface area contributed by atoms with Gasteiger partial charge in [0.05, 0.1) is 0 Å². The Bertz CT molecular complexity index is 497. The molecule has 2 N–H and O–H groups in total. The molecule has 0 fully saturated rings. The van der Waals surface area contributed by atoms with E-state index in [1.54, 1.807) is 14.0 Å². The van der Waals surface area contributed by atoms with Crippen LogP contribution in [0.5, 0.6) is 0 Å². The lowest BCUT2D eigenvalue weighted by Crippen LogP contribution is -2.56. The van der Waals surface area contributed by atoms with Crippen molar-refractivity contribution in [3.8, 4) is 0 Å². The number of rotatable bonds is 12. The third-order valence-corrected chi connectivity index (χ3v) is 6.27. The van der Waals surface area contributed by atoms with Crippen LogP contribution in [0.1, 0.15) is 13.3 Å². The van der Waals surface area contributed by atoms with Gasteiger partial charge in [0, 0.05) is 25.8 Å². The van der Waals surface area contributed by atoms with Crippen molar-refractivity contribution >= 4 is 26.3 Å². The molecule has 0 heterocycles. The first-order valence-electron chi connectivity index (χ1n) is 8.27. The van der Waals surface area contributed by atoms with E-state index in [1.807, 2.05) is 0 Å². The summed E-state index contributed by atoms with van der Waals surface area (Å²) in [7, 11) is 0.0406. The molecule has 0 saturated carbocycles. The monoisotopic (exact) mass is 386 g/mol. The van der Waals surface area contributed by atoms with Crippen molar-refractivity contribution in [2.75, 3.05) is 26.9 Å². The van der Waals surface area contributed by atoms with E-state index in [1.165, 1.54) is 0 Å². The number of amides is 2. The fourth-order valence-corrected chi connectivity index (χ4v) is 3.06. The molecule has 0 bridgehead atoms. The molecule has 0 aliphatic carbocycles. The standard InChI is InChI=1S/C17H30N2O6Si/c1-7-14(20)24-12-17(3,13-25-15(21)8-2)19-16(22)18-10-9-11-26(5,6)23-4/h7-8H,1-2,9-13H2,3-6H3,(H2,18,19,22). The normalized spacial score (nSPS) is 11.2. The summed E-state index contributed by atoms with van der Waals surface area (Å²) in [5, 5.41) is 5.40. The summed E-state index contributed by atoms with van der Waals surface area (Å²) in [6, 6.07) is 0.461. The van der Waals surface area contributed by atoms with Crippen LogP contribution >= 0.6 is 0 Å². The van der Waals surface area contributed by atoms with Gasteiger partial charge < -0.3 is 24.5 Å². The van der Waals surface area contributed by atoms with Gasteiger partial charge in [0.1, 0.15) is 18.8 Å². The van der Waals surface area contributed by atoms with E-state index >= 15 is 0 Å². The lowest BCUT2D eigenvalue weighted by molar-refractivity contribution is -0.144. The van der Waals surface area contributed by atoms with Crippen molar-refractivity contribution < 1.29 is 28.3 Å². The van der Waals surface area contributed by atoms with Crippen molar-refractivity contribution in [3.63, 3.8) is 0 Å². The molecule has 0 atom stereocenters. The Morgan fingerprint density at radius 1 is 1.08 bits per heavy atom. The predicted octanol–water partition coefficient (Wildman–Crippen LogP) is 1.74. The van der Waals surface area contributed by atoms with Crippen LogP contribution in [0.25, 0.3) is 0 Å². The number of nitrogens with one attached hydrogen (secondary N) is 2. The molecular formula is C17H30N2O6Si. The minimum absolute atomic E-state index is 0.181. The summed E-state index contributed by atoms with van der Waals surface area (Å²) in [5.74, 6) is -1.28. The van der Waals surface area contributed by atoms with Gasteiger partial charge in [-0.15, -0.1) is 0 Å². The van der Waals surface area contributed by atoms with Gasteiger partial charge in [0.2, 0.25) is 0 Å². The van der Waals surface area contributed by atoms with Crippen molar-refractivity contribution in [2.45, 2.75) is 38.0 Å². The SMILES string of the molecule is C=CC(=O)OCC(C)(COC(=O)C=C)NC(=O)NCCC[Si](C)(C)OC. The third-order valence-electron chi connectivity index (χ3n) is 3.61. The zero-order chi connectivity index (χ0) is 20.2. The fourth-order valence-electron chi connectivity index (χ4n) is 1.83. The topological polar surface area (TPSA) is 103 Å². The second-order valence-corrected chi connectivity index (χ2v) is 11.1. The summed E-state index contributed by atoms with van der Waals surface area (Å²) in [6.07, 6.45) is 2.81. The number of esters is 2. The molecule has 0 saturated heterocycles. The Balaban J connectivity index is 4.59. The number of carbonyl (C=O) groups is 3. The maximum absolute atomic E-state index is 12.1. The quantitative estimate of drug-likeness (QED) is 0.229. The number of hydrogen-bond donors (Lipinski definition) is 2. The Morgan fingerprint density at radius 2 is 1.58 bits per heavy atom. The number of ether oxygens (including phenoxy) is 2. The molecule has 0 aliphatic rings. The molecule has 8 nitrogen and oxygen atoms in total. The van der Waals surface area contributed by atoms with Crippen molar-refractivity contribution in [1.29, 1.82) is 0 Å². The molecule has 0 aromatic rings. The number of urea groups is 1. The lowest BCUT2D eigenvalue weighted by Gasteiger charge is -2.29. The van der Waals surface area contributed by atoms with E-state index < -0.39 is 31.8 Å². The molecule has 2 amide bonds. The molecule has 0 spiro atoms. The van der Waals surface area contributed by atoms with Crippen LogP contribution in [-0.2, 0) is 23.5 Å². The van der Waals surface area contributed by atoms with E-state index in [0.717, 1.165) is 24.6 Å². The molecule has 0 radical (unpaired) electrons. The second kappa shape index (κ2) is 11.5. The summed E-state index contributed by atoms with van der Waals surface area (Å²) >= 11 is 0. The minimum atomic E-state index is -1.66. The van der Waals surface area contributed by atoms with Gasteiger partial charge >= 0.3 is 18.0 Å². The van der Waals surface area contributed by atoms with Gasteiger partial charge in [-0.25, -0.2) is 14.4 Å². The van der Waals surface area contributed by atoms with Gasteiger partial charge in [-0.3, -0.25) is 0 Å². The summed E-state index contributed by atoms with van der Waals surface area (Å²) in [6.45, 7) is 12.5. The summed E-state index contributed by atoms with van der Waals surface area (Å²) < 4.78 is 15.4. The smallest absolute Gasteiger partial charge is 0.330 e. The first kappa shape index (κ1) is 23.9. The third kappa shape index (κ3) is 10.7. The minimum Gasteiger partial charge on any atom is -0.460 e. The summed E-state index contributed by atoms with van der Waals surface area (Å²) in [5.41, 5.74) is -1.10. The van der Waals surface area contributed by atoms with E-state index in [4.69, 9.17) is 13.9 Å². The zero-order valence-electron chi connectivity index (χ0n) is 16.1. The average Bonchev–Trinajstić information content (AvgIpc) is 2.61. The van der Waals surface area contributed by atoms with E-state index in [2.05, 4.69) is 36.9 Å². The lowest BCUT2D eigenvalue weighted by atomic mass is 10.1. The molecule has 26 heavy (non-hydrogen) atoms. The Hall–Kier alpha value is -2.13. The van der Waals surface area contributed by atoms with Crippen LogP contribution in [0.2, 0.25) is 19.1 Å². The van der Waals surface area contributed by atoms with Crippen LogP contribution in [0.4, 0.5) is 4.79 Å². The van der Waals surface area contributed by atoms with Gasteiger partial charge in [-0.05, 0) is 32.5 Å². The van der Waals surface area contributed by atoms with Crippen molar-refractivity contribution in [1.82, 2.24) is 10.6 Å². The molecular weight excluding hydrogens is 356 g/mol. The molecule has 0 rings (SSSR count). The molecule has 9 heteroatoms. The predicted molar refractivity (Wildman–Crippen MR) is 101 cm³/mol. The second-order valence-electron chi connectivity index (χ2n) is 6.63. The molecule has 148 valence electrons. The molecule has 0 aromatic carbocycles. The van der Waals surface area contributed by atoms with Gasteiger partial charge in [-0.1, -0.05) is 13.2 Å². The zero-order valence-corrected chi connectivity index (χ0v) is 17.1. The number of hydrogen-bond acceptors (Lipinski definition) is 6. The van der Waals surface area contributed by atoms with E-state index in [0.29, 0.717) is 6.54 Å². The Labute approximate surface area is 156 Å². The van der Waals surface area contributed by atoms with E-state index in [9.17, 15) is 14.4 Å². The molecule has 0 aliphatic heterocycles. The maximum atomic E-state index is 12.1. The van der Waals surface area contributed by atoms with Crippen LogP contribution < -0.4 is 10.6 Å². The van der Waals surface area contributed by atoms with Crippen molar-refractivity contribution in [3.05, 3.63) is 25.3 Å². The summed E-state index contributed by atoms with van der Waals surface area (Å²) in [4.78, 5) is 34.7. The Morgan fingerprint density at radius 3 is 2.00 bits per heavy atom. The molecule has 0 unspecified atom stereocenters. The van der Waals surface area contributed by atoms with E-state index in [-0.39, 0.29) is 13.2 Å². The average molecular weight is 387 g/mol. The highest BCUT2D eigenvalue weighted by atomic mass is 28.4. The first-order valence-corrected chi connectivity index (χ1v) is 11.4. The van der Waals surface area contributed by atoms with Crippen molar-refractivity contribution in [2.24, 2.45) is 0 Å². The van der Waals surface area contributed by atoms with Gasteiger partial charge in [0.25, 0.3) is 0 Å². The van der Waals surface area contributed by atoms with Gasteiger partial charge in [0.15, 0.2) is 8.32 Å². The highest BCUT2D eigenvalue weighted by Gasteiger charge is 2.30. The Kier molecular flexibility index (Phi) is 10.5. The highest BCUT2D eigenvalue weighted by Crippen LogP contribution is 2.11. The maximum Gasteiger partial charge on any atom is 0.330 e. The first-order chi connectivity index (χ1) is 12.1. The number of carbonyl (C=O) groups excluding carboxylic acids is 3. The van der Waals surface area contributed by atoms with Crippen LogP contribution in [0.15, 0.2) is 25.3 Å².